The van der Waals surface area contributed by atoms with Gasteiger partial charge in [0.05, 0.1) is 11.1 Å². The Balaban J connectivity index is 2.03. The van der Waals surface area contributed by atoms with E-state index in [0.717, 1.165) is 6.07 Å². The molecule has 0 saturated heterocycles. The van der Waals surface area contributed by atoms with Crippen LogP contribution in [0.15, 0.2) is 48.5 Å². The van der Waals surface area contributed by atoms with Crippen LogP contribution in [0.3, 0.4) is 0 Å². The fraction of sp³-hybridized carbons (Fsp3) is 0.133. The normalized spacial score (nSPS) is 17.7. The minimum atomic E-state index is -4.47. The number of carbonyl (C=O) groups is 1. The van der Waals surface area contributed by atoms with E-state index in [1.807, 2.05) is 0 Å². The van der Waals surface area contributed by atoms with Crippen molar-refractivity contribution < 1.29 is 18.0 Å². The van der Waals surface area contributed by atoms with Gasteiger partial charge in [-0.25, -0.2) is 0 Å². The van der Waals surface area contributed by atoms with E-state index in [9.17, 15) is 18.0 Å². The molecular formula is C15H11F3N2O. The second-order valence-corrected chi connectivity index (χ2v) is 4.68. The lowest BCUT2D eigenvalue weighted by atomic mass is 10.0. The molecule has 1 aliphatic heterocycles. The Hall–Kier alpha value is -2.50. The van der Waals surface area contributed by atoms with Crippen LogP contribution in [0.1, 0.15) is 27.7 Å². The smallest absolute Gasteiger partial charge is 0.361 e. The summed E-state index contributed by atoms with van der Waals surface area (Å²) >= 11 is 0. The molecule has 108 valence electrons. The quantitative estimate of drug-likeness (QED) is 0.844. The number of amides is 1. The van der Waals surface area contributed by atoms with Crippen molar-refractivity contribution in [2.75, 3.05) is 5.32 Å². The average molecular weight is 292 g/mol. The van der Waals surface area contributed by atoms with Crippen molar-refractivity contribution in [1.29, 1.82) is 0 Å². The molecule has 1 aliphatic rings. The van der Waals surface area contributed by atoms with Gasteiger partial charge in [0, 0.05) is 11.3 Å². The van der Waals surface area contributed by atoms with Gasteiger partial charge in [-0.1, -0.05) is 30.3 Å². The molecule has 0 aromatic heterocycles. The molecule has 1 amide bonds. The lowest BCUT2D eigenvalue weighted by Crippen LogP contribution is -2.39. The molecule has 0 aliphatic carbocycles. The van der Waals surface area contributed by atoms with Gasteiger partial charge in [-0.05, 0) is 18.2 Å². The third-order valence-electron chi connectivity index (χ3n) is 3.32. The number of hydrogen-bond acceptors (Lipinski definition) is 2. The number of para-hydroxylation sites is 1. The van der Waals surface area contributed by atoms with E-state index in [1.165, 1.54) is 18.2 Å². The van der Waals surface area contributed by atoms with Gasteiger partial charge in [-0.15, -0.1) is 0 Å². The fourth-order valence-corrected chi connectivity index (χ4v) is 2.37. The van der Waals surface area contributed by atoms with Crippen LogP contribution in [0.25, 0.3) is 0 Å². The highest BCUT2D eigenvalue weighted by Crippen LogP contribution is 2.36. The summed E-state index contributed by atoms with van der Waals surface area (Å²) in [5.41, 5.74) is 0.163. The van der Waals surface area contributed by atoms with E-state index in [2.05, 4.69) is 10.6 Å². The number of hydrogen-bond donors (Lipinski definition) is 2. The zero-order valence-corrected chi connectivity index (χ0v) is 10.7. The van der Waals surface area contributed by atoms with Gasteiger partial charge in [-0.2, -0.15) is 13.2 Å². The number of halogens is 3. The second-order valence-electron chi connectivity index (χ2n) is 4.68. The lowest BCUT2D eigenvalue weighted by molar-refractivity contribution is -0.138. The maximum absolute atomic E-state index is 13.1. The van der Waals surface area contributed by atoms with Crippen molar-refractivity contribution in [3.8, 4) is 0 Å². The Kier molecular flexibility index (Phi) is 3.08. The van der Waals surface area contributed by atoms with E-state index in [0.29, 0.717) is 11.3 Å². The van der Waals surface area contributed by atoms with Gasteiger partial charge in [0.1, 0.15) is 6.17 Å². The van der Waals surface area contributed by atoms with Crippen molar-refractivity contribution in [1.82, 2.24) is 5.32 Å². The van der Waals surface area contributed by atoms with Crippen LogP contribution in [0.4, 0.5) is 18.9 Å². The first-order valence-electron chi connectivity index (χ1n) is 6.29. The molecule has 0 radical (unpaired) electrons. The first-order chi connectivity index (χ1) is 9.97. The van der Waals surface area contributed by atoms with Crippen LogP contribution in [-0.2, 0) is 6.18 Å². The summed E-state index contributed by atoms with van der Waals surface area (Å²) in [6.45, 7) is 0. The largest absolute Gasteiger partial charge is 0.416 e. The molecule has 2 aromatic rings. The highest BCUT2D eigenvalue weighted by atomic mass is 19.4. The molecule has 0 fully saturated rings. The lowest BCUT2D eigenvalue weighted by Gasteiger charge is -2.29. The third kappa shape index (κ3) is 2.44. The van der Waals surface area contributed by atoms with E-state index >= 15 is 0 Å². The van der Waals surface area contributed by atoms with Crippen molar-refractivity contribution in [2.24, 2.45) is 0 Å². The predicted octanol–water partition coefficient (Wildman–Crippen LogP) is 3.56. The number of anilines is 1. The van der Waals surface area contributed by atoms with E-state index in [1.54, 1.807) is 24.3 Å². The second kappa shape index (κ2) is 4.80. The molecule has 3 rings (SSSR count). The maximum atomic E-state index is 13.1. The zero-order valence-electron chi connectivity index (χ0n) is 10.7. The molecule has 0 saturated carbocycles. The van der Waals surface area contributed by atoms with Crippen LogP contribution < -0.4 is 10.6 Å². The maximum Gasteiger partial charge on any atom is 0.416 e. The third-order valence-corrected chi connectivity index (χ3v) is 3.32. The van der Waals surface area contributed by atoms with Crippen molar-refractivity contribution >= 4 is 11.6 Å². The Morgan fingerprint density at radius 2 is 1.57 bits per heavy atom. The van der Waals surface area contributed by atoms with Crippen LogP contribution in [0.5, 0.6) is 0 Å². The number of rotatable bonds is 1. The van der Waals surface area contributed by atoms with E-state index in [4.69, 9.17) is 0 Å². The molecule has 1 heterocycles. The summed E-state index contributed by atoms with van der Waals surface area (Å²) in [6, 6.07) is 11.9. The number of benzene rings is 2. The minimum absolute atomic E-state index is 0.00662. The van der Waals surface area contributed by atoms with Crippen LogP contribution >= 0.6 is 0 Å². The van der Waals surface area contributed by atoms with Crippen LogP contribution in [0.2, 0.25) is 0 Å². The standard InChI is InChI=1S/C15H11F3N2O/c16-15(17,18)11-7-3-1-5-9(11)13-19-12-8-4-2-6-10(12)14(21)20-13/h1-8,13,19H,(H,20,21)/t13-/m0/s1. The first-order valence-corrected chi connectivity index (χ1v) is 6.29. The minimum Gasteiger partial charge on any atom is -0.361 e. The summed E-state index contributed by atoms with van der Waals surface area (Å²) < 4.78 is 39.2. The Morgan fingerprint density at radius 1 is 0.905 bits per heavy atom. The predicted molar refractivity (Wildman–Crippen MR) is 71.7 cm³/mol. The molecule has 1 atom stereocenters. The highest BCUT2D eigenvalue weighted by Gasteiger charge is 2.36. The fourth-order valence-electron chi connectivity index (χ4n) is 2.37. The first kappa shape index (κ1) is 13.5. The monoisotopic (exact) mass is 292 g/mol. The molecule has 0 bridgehead atoms. The number of nitrogens with one attached hydrogen (secondary N) is 2. The molecule has 0 unspecified atom stereocenters. The van der Waals surface area contributed by atoms with E-state index in [-0.39, 0.29) is 5.56 Å². The van der Waals surface area contributed by atoms with Crippen molar-refractivity contribution in [3.63, 3.8) is 0 Å². The summed E-state index contributed by atoms with van der Waals surface area (Å²) in [5, 5.41) is 5.48. The summed E-state index contributed by atoms with van der Waals surface area (Å²) in [4.78, 5) is 12.0. The molecular weight excluding hydrogens is 281 g/mol. The molecule has 2 N–H and O–H groups in total. The summed E-state index contributed by atoms with van der Waals surface area (Å²) in [5.74, 6) is -0.397. The van der Waals surface area contributed by atoms with Gasteiger partial charge in [0.15, 0.2) is 0 Å². The molecule has 6 heteroatoms. The van der Waals surface area contributed by atoms with Gasteiger partial charge in [0.2, 0.25) is 0 Å². The Morgan fingerprint density at radius 3 is 2.33 bits per heavy atom. The number of carbonyl (C=O) groups excluding carboxylic acids is 1. The Labute approximate surface area is 118 Å². The van der Waals surface area contributed by atoms with Gasteiger partial charge >= 0.3 is 6.18 Å². The molecule has 2 aromatic carbocycles. The molecule has 21 heavy (non-hydrogen) atoms. The number of alkyl halides is 3. The summed E-state index contributed by atoms with van der Waals surface area (Å²) in [7, 11) is 0. The zero-order chi connectivity index (χ0) is 15.0. The Bertz CT molecular complexity index is 697. The SMILES string of the molecule is O=C1N[C@@H](c2ccccc2C(F)(F)F)Nc2ccccc21. The average Bonchev–Trinajstić information content (AvgIpc) is 2.46. The van der Waals surface area contributed by atoms with Crippen LogP contribution in [-0.4, -0.2) is 5.91 Å². The topological polar surface area (TPSA) is 41.1 Å². The van der Waals surface area contributed by atoms with Gasteiger partial charge in [-0.3, -0.25) is 4.79 Å². The molecule has 0 spiro atoms. The molecule has 3 nitrogen and oxygen atoms in total. The number of fused-ring (bicyclic) bond motifs is 1. The van der Waals surface area contributed by atoms with E-state index < -0.39 is 23.8 Å². The van der Waals surface area contributed by atoms with Gasteiger partial charge < -0.3 is 10.6 Å². The van der Waals surface area contributed by atoms with Crippen LogP contribution in [0, 0.1) is 0 Å². The van der Waals surface area contributed by atoms with Crippen molar-refractivity contribution in [2.45, 2.75) is 12.3 Å². The highest BCUT2D eigenvalue weighted by molar-refractivity contribution is 6.01. The van der Waals surface area contributed by atoms with Crippen molar-refractivity contribution in [3.05, 3.63) is 65.2 Å². The van der Waals surface area contributed by atoms with Gasteiger partial charge in [0.25, 0.3) is 5.91 Å². The summed E-state index contributed by atoms with van der Waals surface area (Å²) in [6.07, 6.45) is -5.38.